The molecule has 128 valence electrons. The number of anilines is 1. The van der Waals surface area contributed by atoms with E-state index in [4.69, 9.17) is 0 Å². The van der Waals surface area contributed by atoms with E-state index >= 15 is 0 Å². The summed E-state index contributed by atoms with van der Waals surface area (Å²) in [5, 5.41) is 0. The first kappa shape index (κ1) is 17.6. The Balaban J connectivity index is 1.93. The Morgan fingerprint density at radius 2 is 1.74 bits per heavy atom. The number of hydrogen-bond acceptors (Lipinski definition) is 3. The van der Waals surface area contributed by atoms with Crippen LogP contribution in [0.4, 0.5) is 19.0 Å². The second kappa shape index (κ2) is 6.37. The molecule has 1 aromatic rings. The van der Waals surface area contributed by atoms with Crippen LogP contribution in [0.5, 0.6) is 0 Å². The minimum absolute atomic E-state index is 0.0524. The molecule has 0 unspecified atom stereocenters. The molecule has 7 heteroatoms. The molecule has 1 aromatic heterocycles. The van der Waals surface area contributed by atoms with Crippen molar-refractivity contribution in [2.24, 2.45) is 5.41 Å². The summed E-state index contributed by atoms with van der Waals surface area (Å²) in [7, 11) is 0. The number of alkyl halides is 3. The van der Waals surface area contributed by atoms with Crippen molar-refractivity contribution in [3.8, 4) is 0 Å². The molecule has 0 saturated carbocycles. The molecule has 0 aliphatic carbocycles. The van der Waals surface area contributed by atoms with E-state index in [9.17, 15) is 18.0 Å². The third-order valence-electron chi connectivity index (χ3n) is 3.71. The highest BCUT2D eigenvalue weighted by atomic mass is 19.4. The Morgan fingerprint density at radius 3 is 2.17 bits per heavy atom. The van der Waals surface area contributed by atoms with Crippen LogP contribution in [0.25, 0.3) is 0 Å². The van der Waals surface area contributed by atoms with Crippen molar-refractivity contribution in [1.82, 2.24) is 9.88 Å². The van der Waals surface area contributed by atoms with Gasteiger partial charge in [-0.1, -0.05) is 20.8 Å². The predicted octanol–water partition coefficient (Wildman–Crippen LogP) is 3.19. The van der Waals surface area contributed by atoms with Crippen LogP contribution in [-0.4, -0.2) is 42.0 Å². The summed E-state index contributed by atoms with van der Waals surface area (Å²) in [4.78, 5) is 19.8. The van der Waals surface area contributed by atoms with Gasteiger partial charge in [-0.05, 0) is 17.5 Å². The first-order valence-electron chi connectivity index (χ1n) is 7.62. The van der Waals surface area contributed by atoms with Crippen molar-refractivity contribution in [3.63, 3.8) is 0 Å². The van der Waals surface area contributed by atoms with Crippen molar-refractivity contribution in [2.75, 3.05) is 31.1 Å². The van der Waals surface area contributed by atoms with E-state index < -0.39 is 11.7 Å². The van der Waals surface area contributed by atoms with Gasteiger partial charge in [0.2, 0.25) is 5.91 Å². The zero-order chi connectivity index (χ0) is 17.3. The maximum absolute atomic E-state index is 12.5. The lowest BCUT2D eigenvalue weighted by atomic mass is 9.91. The minimum Gasteiger partial charge on any atom is -0.353 e. The van der Waals surface area contributed by atoms with E-state index in [1.807, 2.05) is 30.6 Å². The van der Waals surface area contributed by atoms with Gasteiger partial charge in [-0.2, -0.15) is 13.2 Å². The molecule has 4 nitrogen and oxygen atoms in total. The topological polar surface area (TPSA) is 36.4 Å². The van der Waals surface area contributed by atoms with Crippen LogP contribution in [0.2, 0.25) is 0 Å². The quantitative estimate of drug-likeness (QED) is 0.836. The van der Waals surface area contributed by atoms with Crippen molar-refractivity contribution in [1.29, 1.82) is 0 Å². The maximum atomic E-state index is 12.5. The van der Waals surface area contributed by atoms with Crippen LogP contribution < -0.4 is 4.90 Å². The van der Waals surface area contributed by atoms with Gasteiger partial charge in [0, 0.05) is 38.8 Å². The average molecular weight is 329 g/mol. The summed E-state index contributed by atoms with van der Waals surface area (Å²) in [6.45, 7) is 8.35. The maximum Gasteiger partial charge on any atom is 0.417 e. The van der Waals surface area contributed by atoms with Crippen LogP contribution in [0.15, 0.2) is 18.3 Å². The highest BCUT2D eigenvalue weighted by Crippen LogP contribution is 2.29. The van der Waals surface area contributed by atoms with Crippen LogP contribution in [0.3, 0.4) is 0 Å². The summed E-state index contributed by atoms with van der Waals surface area (Å²) in [5.41, 5.74) is -0.802. The number of amides is 1. The number of pyridine rings is 1. The lowest BCUT2D eigenvalue weighted by Crippen LogP contribution is -2.49. The highest BCUT2D eigenvalue weighted by Gasteiger charge is 2.31. The number of aromatic nitrogens is 1. The van der Waals surface area contributed by atoms with Crippen LogP contribution in [-0.2, 0) is 11.0 Å². The molecule has 1 fully saturated rings. The van der Waals surface area contributed by atoms with Gasteiger partial charge in [0.25, 0.3) is 0 Å². The van der Waals surface area contributed by atoms with Gasteiger partial charge in [-0.3, -0.25) is 4.79 Å². The van der Waals surface area contributed by atoms with Gasteiger partial charge in [0.15, 0.2) is 0 Å². The highest BCUT2D eigenvalue weighted by molar-refractivity contribution is 5.77. The van der Waals surface area contributed by atoms with Crippen molar-refractivity contribution < 1.29 is 18.0 Å². The SMILES string of the molecule is CC(C)(C)CC(=O)N1CCN(c2ccc(C(F)(F)F)cn2)CC1. The molecule has 23 heavy (non-hydrogen) atoms. The Labute approximate surface area is 134 Å². The Morgan fingerprint density at radius 1 is 1.13 bits per heavy atom. The second-order valence-electron chi connectivity index (χ2n) is 7.01. The lowest BCUT2D eigenvalue weighted by Gasteiger charge is -2.36. The van der Waals surface area contributed by atoms with Gasteiger partial charge < -0.3 is 9.80 Å². The third kappa shape index (κ3) is 4.84. The average Bonchev–Trinajstić information content (AvgIpc) is 2.45. The van der Waals surface area contributed by atoms with Gasteiger partial charge in [0.1, 0.15) is 5.82 Å². The fourth-order valence-corrected chi connectivity index (χ4v) is 2.49. The molecular weight excluding hydrogens is 307 g/mol. The predicted molar refractivity (Wildman–Crippen MR) is 82.1 cm³/mol. The smallest absolute Gasteiger partial charge is 0.353 e. The number of nitrogens with zero attached hydrogens (tertiary/aromatic N) is 3. The molecule has 2 heterocycles. The lowest BCUT2D eigenvalue weighted by molar-refractivity contribution is -0.138. The van der Waals surface area contributed by atoms with Crippen LogP contribution >= 0.6 is 0 Å². The summed E-state index contributed by atoms with van der Waals surface area (Å²) >= 11 is 0. The van der Waals surface area contributed by atoms with Gasteiger partial charge >= 0.3 is 6.18 Å². The molecule has 1 amide bonds. The summed E-state index contributed by atoms with van der Waals surface area (Å²) in [6.07, 6.45) is -3.03. The van der Waals surface area contributed by atoms with Gasteiger partial charge in [-0.25, -0.2) is 4.98 Å². The zero-order valence-corrected chi connectivity index (χ0v) is 13.7. The molecule has 2 rings (SSSR count). The first-order valence-corrected chi connectivity index (χ1v) is 7.62. The Bertz CT molecular complexity index is 541. The monoisotopic (exact) mass is 329 g/mol. The van der Waals surface area contributed by atoms with Gasteiger partial charge in [-0.15, -0.1) is 0 Å². The minimum atomic E-state index is -4.37. The van der Waals surface area contributed by atoms with Crippen LogP contribution in [0.1, 0.15) is 32.8 Å². The van der Waals surface area contributed by atoms with E-state index in [0.29, 0.717) is 38.4 Å². The fourth-order valence-electron chi connectivity index (χ4n) is 2.49. The Kier molecular flexibility index (Phi) is 4.87. The summed E-state index contributed by atoms with van der Waals surface area (Å²) in [6, 6.07) is 2.43. The molecule has 0 aromatic carbocycles. The number of halogens is 3. The van der Waals surface area contributed by atoms with Gasteiger partial charge in [0.05, 0.1) is 5.56 Å². The normalized spacial score (nSPS) is 16.6. The van der Waals surface area contributed by atoms with Crippen molar-refractivity contribution in [3.05, 3.63) is 23.9 Å². The van der Waals surface area contributed by atoms with E-state index in [-0.39, 0.29) is 11.3 Å². The molecule has 0 bridgehead atoms. The van der Waals surface area contributed by atoms with E-state index in [2.05, 4.69) is 4.98 Å². The Hall–Kier alpha value is -1.79. The molecule has 0 atom stereocenters. The molecule has 0 N–H and O–H groups in total. The summed E-state index contributed by atoms with van der Waals surface area (Å²) in [5.74, 6) is 0.637. The standard InChI is InChI=1S/C16H22F3N3O/c1-15(2,3)10-14(23)22-8-6-21(7-9-22)13-5-4-12(11-20-13)16(17,18)19/h4-5,11H,6-10H2,1-3H3. The third-order valence-corrected chi connectivity index (χ3v) is 3.71. The zero-order valence-electron chi connectivity index (χ0n) is 13.7. The number of hydrogen-bond donors (Lipinski definition) is 0. The van der Waals surface area contributed by atoms with E-state index in [1.54, 1.807) is 0 Å². The second-order valence-corrected chi connectivity index (χ2v) is 7.01. The van der Waals surface area contributed by atoms with E-state index in [1.165, 1.54) is 6.07 Å². The van der Waals surface area contributed by atoms with Crippen LogP contribution in [0, 0.1) is 5.41 Å². The van der Waals surface area contributed by atoms with E-state index in [0.717, 1.165) is 12.3 Å². The number of piperazine rings is 1. The summed E-state index contributed by atoms with van der Waals surface area (Å²) < 4.78 is 37.6. The number of carbonyl (C=O) groups is 1. The number of rotatable bonds is 2. The van der Waals surface area contributed by atoms with Crippen molar-refractivity contribution in [2.45, 2.75) is 33.4 Å². The molecule has 0 spiro atoms. The largest absolute Gasteiger partial charge is 0.417 e. The molecule has 1 saturated heterocycles. The molecule has 0 radical (unpaired) electrons. The number of carbonyl (C=O) groups excluding carboxylic acids is 1. The fraction of sp³-hybridized carbons (Fsp3) is 0.625. The first-order chi connectivity index (χ1) is 10.6. The molecule has 1 aliphatic rings. The van der Waals surface area contributed by atoms with Crippen molar-refractivity contribution >= 4 is 11.7 Å². The molecule has 1 aliphatic heterocycles. The molecular formula is C16H22F3N3O.